The van der Waals surface area contributed by atoms with E-state index >= 15 is 0 Å². The number of benzene rings is 3. The van der Waals surface area contributed by atoms with Crippen LogP contribution in [-0.2, 0) is 19.3 Å². The van der Waals surface area contributed by atoms with E-state index in [-0.39, 0.29) is 0 Å². The van der Waals surface area contributed by atoms with Crippen LogP contribution in [0.4, 0.5) is 23.0 Å². The van der Waals surface area contributed by atoms with Crippen molar-refractivity contribution in [3.05, 3.63) is 132 Å². The molecule has 6 heterocycles. The monoisotopic (exact) mass is 569 g/mol. The lowest BCUT2D eigenvalue weighted by Crippen LogP contribution is -2.16. The average Bonchev–Trinajstić information content (AvgIpc) is 3.57. The lowest BCUT2D eigenvalue weighted by atomic mass is 10.00. The van der Waals surface area contributed by atoms with Crippen molar-refractivity contribution < 1.29 is 4.58 Å². The molecule has 0 radical (unpaired) electrons. The van der Waals surface area contributed by atoms with Gasteiger partial charge in [0.25, 0.3) is 0 Å². The van der Waals surface area contributed by atoms with Crippen LogP contribution in [0.15, 0.2) is 115 Å². The van der Waals surface area contributed by atoms with Crippen LogP contribution in [0.25, 0.3) is 39.0 Å². The molecule has 0 spiro atoms. The van der Waals surface area contributed by atoms with Gasteiger partial charge in [0.2, 0.25) is 5.69 Å². The lowest BCUT2D eigenvalue weighted by Gasteiger charge is -2.26. The molecule has 6 heteroatoms. The highest BCUT2D eigenvalue weighted by Gasteiger charge is 2.27. The molecule has 0 saturated heterocycles. The predicted molar refractivity (Wildman–Crippen MR) is 177 cm³/mol. The van der Waals surface area contributed by atoms with E-state index < -0.39 is 0 Å². The molecular weight excluding hydrogens is 540 g/mol. The summed E-state index contributed by atoms with van der Waals surface area (Å²) in [5.41, 5.74) is 10.3. The Hall–Kier alpha value is -5.62. The van der Waals surface area contributed by atoms with E-state index in [2.05, 4.69) is 130 Å². The summed E-state index contributed by atoms with van der Waals surface area (Å²) in [5.74, 6) is 2.59. The third-order valence-electron chi connectivity index (χ3n) is 9.05. The van der Waals surface area contributed by atoms with E-state index in [0.717, 1.165) is 70.0 Å². The molecule has 0 atom stereocenters. The second kappa shape index (κ2) is 9.71. The van der Waals surface area contributed by atoms with Crippen molar-refractivity contribution >= 4 is 51.2 Å². The summed E-state index contributed by atoms with van der Waals surface area (Å²) in [4.78, 5) is 17.8. The molecule has 210 valence electrons. The standard InChI is InChI=1S/C38H29N6/c1-42-24-22-29-27(11-6-15-33(29)42)31-21-20-26-19-18-25-9-2-4-13-32(25)43(37(26)40-31)35-16-7-17-36(41-35)44-34-14-5-3-10-28(34)30-12-8-23-39-38(30)44/h2-17,20-21,23-24H,18-19,22H2,1H3/q+1. The summed E-state index contributed by atoms with van der Waals surface area (Å²) in [6.07, 6.45) is 6.85. The minimum absolute atomic E-state index is 0.825. The van der Waals surface area contributed by atoms with Gasteiger partial charge in [-0.1, -0.05) is 60.7 Å². The Labute approximate surface area is 255 Å². The molecule has 0 unspecified atom stereocenters. The van der Waals surface area contributed by atoms with Crippen LogP contribution >= 0.6 is 0 Å². The molecule has 0 saturated carbocycles. The van der Waals surface area contributed by atoms with Gasteiger partial charge < -0.3 is 0 Å². The largest absolute Gasteiger partial charge is 0.278 e. The zero-order valence-electron chi connectivity index (χ0n) is 24.4. The van der Waals surface area contributed by atoms with Gasteiger partial charge in [-0.3, -0.25) is 9.47 Å². The van der Waals surface area contributed by atoms with Gasteiger partial charge in [0.15, 0.2) is 0 Å². The number of hydrogen-bond acceptors (Lipinski definition) is 4. The first-order valence-corrected chi connectivity index (χ1v) is 15.1. The van der Waals surface area contributed by atoms with Crippen LogP contribution in [0.1, 0.15) is 16.7 Å². The SMILES string of the molecule is C[N+]1=CCc2c(-c3ccc4c(n3)N(c3cccc(-n5c6ccccc6c6cccnc65)n3)c3ccccc3CC4)cccc21. The van der Waals surface area contributed by atoms with E-state index in [9.17, 15) is 0 Å². The van der Waals surface area contributed by atoms with Crippen molar-refractivity contribution in [2.24, 2.45) is 0 Å². The number of anilines is 3. The first-order chi connectivity index (χ1) is 21.7. The highest BCUT2D eigenvalue weighted by molar-refractivity contribution is 6.07. The molecule has 0 aliphatic carbocycles. The zero-order chi connectivity index (χ0) is 29.2. The highest BCUT2D eigenvalue weighted by Crippen LogP contribution is 2.42. The lowest BCUT2D eigenvalue weighted by molar-refractivity contribution is -0.396. The van der Waals surface area contributed by atoms with Gasteiger partial charge in [0.1, 0.15) is 36.4 Å². The van der Waals surface area contributed by atoms with Gasteiger partial charge in [-0.05, 0) is 66.4 Å². The molecule has 0 fully saturated rings. The van der Waals surface area contributed by atoms with E-state index in [1.54, 1.807) is 0 Å². The molecule has 9 rings (SSSR count). The first-order valence-electron chi connectivity index (χ1n) is 15.1. The Balaban J connectivity index is 1.26. The molecule has 44 heavy (non-hydrogen) atoms. The third kappa shape index (κ3) is 3.74. The van der Waals surface area contributed by atoms with Crippen molar-refractivity contribution in [2.45, 2.75) is 19.3 Å². The molecule has 7 aromatic rings. The van der Waals surface area contributed by atoms with Crippen LogP contribution in [0.3, 0.4) is 0 Å². The van der Waals surface area contributed by atoms with Crippen molar-refractivity contribution in [1.82, 2.24) is 19.5 Å². The fraction of sp³-hybridized carbons (Fsp3) is 0.105. The van der Waals surface area contributed by atoms with Crippen molar-refractivity contribution in [3.63, 3.8) is 0 Å². The molecule has 2 aliphatic heterocycles. The topological polar surface area (TPSA) is 49.9 Å². The average molecular weight is 570 g/mol. The number of hydrogen-bond donors (Lipinski definition) is 0. The maximum absolute atomic E-state index is 5.43. The number of aromatic nitrogens is 4. The van der Waals surface area contributed by atoms with Crippen LogP contribution < -0.4 is 4.90 Å². The Bertz CT molecular complexity index is 2240. The number of para-hydroxylation sites is 2. The van der Waals surface area contributed by atoms with E-state index in [4.69, 9.17) is 15.0 Å². The van der Waals surface area contributed by atoms with Crippen LogP contribution in [0, 0.1) is 0 Å². The summed E-state index contributed by atoms with van der Waals surface area (Å²) in [7, 11) is 2.12. The molecule has 4 aromatic heterocycles. The Kier molecular flexibility index (Phi) is 5.50. The Morgan fingerprint density at radius 3 is 2.48 bits per heavy atom. The van der Waals surface area contributed by atoms with E-state index in [0.29, 0.717) is 0 Å². The van der Waals surface area contributed by atoms with Crippen molar-refractivity contribution in [3.8, 4) is 17.1 Å². The molecule has 0 amide bonds. The summed E-state index contributed by atoms with van der Waals surface area (Å²) < 4.78 is 4.38. The second-order valence-corrected chi connectivity index (χ2v) is 11.5. The molecule has 2 aliphatic rings. The predicted octanol–water partition coefficient (Wildman–Crippen LogP) is 8.10. The molecule has 3 aromatic carbocycles. The summed E-state index contributed by atoms with van der Waals surface area (Å²) >= 11 is 0. The summed E-state index contributed by atoms with van der Waals surface area (Å²) in [6.45, 7) is 0. The minimum Gasteiger partial charge on any atom is -0.278 e. The second-order valence-electron chi connectivity index (χ2n) is 11.5. The zero-order valence-corrected chi connectivity index (χ0v) is 24.4. The molecule has 6 nitrogen and oxygen atoms in total. The van der Waals surface area contributed by atoms with Crippen LogP contribution in [0.5, 0.6) is 0 Å². The highest BCUT2D eigenvalue weighted by atomic mass is 15.3. The number of nitrogens with zero attached hydrogens (tertiary/aromatic N) is 6. The number of pyridine rings is 3. The Morgan fingerprint density at radius 2 is 1.50 bits per heavy atom. The quantitative estimate of drug-likeness (QED) is 0.202. The maximum Gasteiger partial charge on any atom is 0.209 e. The number of aryl methyl sites for hydroxylation is 2. The summed E-state index contributed by atoms with van der Waals surface area (Å²) in [6, 6.07) is 38.5. The molecule has 0 N–H and O–H groups in total. The van der Waals surface area contributed by atoms with Gasteiger partial charge in [0, 0.05) is 34.2 Å². The normalized spacial score (nSPS) is 13.8. The van der Waals surface area contributed by atoms with Gasteiger partial charge in [0.05, 0.1) is 23.3 Å². The number of rotatable bonds is 3. The maximum atomic E-state index is 5.43. The van der Waals surface area contributed by atoms with Crippen molar-refractivity contribution in [1.29, 1.82) is 0 Å². The smallest absolute Gasteiger partial charge is 0.209 e. The number of fused-ring (bicyclic) bond motifs is 6. The van der Waals surface area contributed by atoms with Gasteiger partial charge in [-0.15, -0.1) is 0 Å². The fourth-order valence-electron chi connectivity index (χ4n) is 6.95. The summed E-state index contributed by atoms with van der Waals surface area (Å²) in [5, 5.41) is 2.28. The van der Waals surface area contributed by atoms with Gasteiger partial charge in [-0.2, -0.15) is 0 Å². The van der Waals surface area contributed by atoms with Crippen LogP contribution in [-0.4, -0.2) is 37.4 Å². The third-order valence-corrected chi connectivity index (χ3v) is 9.05. The minimum atomic E-state index is 0.825. The first kappa shape index (κ1) is 24.9. The van der Waals surface area contributed by atoms with Gasteiger partial charge >= 0.3 is 0 Å². The molecule has 0 bridgehead atoms. The van der Waals surface area contributed by atoms with Crippen molar-refractivity contribution in [2.75, 3.05) is 11.9 Å². The van der Waals surface area contributed by atoms with Gasteiger partial charge in [-0.25, -0.2) is 19.5 Å². The fourth-order valence-corrected chi connectivity index (χ4v) is 6.95. The van der Waals surface area contributed by atoms with E-state index in [1.165, 1.54) is 27.9 Å². The molecular formula is C38H29N6+. The van der Waals surface area contributed by atoms with E-state index in [1.807, 2.05) is 12.3 Å². The Morgan fingerprint density at radius 1 is 0.682 bits per heavy atom. The van der Waals surface area contributed by atoms with Crippen LogP contribution in [0.2, 0.25) is 0 Å².